The molecule has 0 unspecified atom stereocenters. The molecule has 8 heteroatoms. The Kier molecular flexibility index (Phi) is 7.15. The van der Waals surface area contributed by atoms with E-state index in [2.05, 4.69) is 4.90 Å². The van der Waals surface area contributed by atoms with Crippen molar-refractivity contribution in [1.29, 1.82) is 5.26 Å². The van der Waals surface area contributed by atoms with E-state index in [9.17, 15) is 18.0 Å². The van der Waals surface area contributed by atoms with Gasteiger partial charge in [-0.2, -0.15) is 18.4 Å². The maximum Gasteiger partial charge on any atom is 0.416 e. The fraction of sp³-hybridized carbons (Fsp3) is 0.259. The van der Waals surface area contributed by atoms with Crippen molar-refractivity contribution in [3.63, 3.8) is 0 Å². The molecule has 1 amide bonds. The second-order valence-electron chi connectivity index (χ2n) is 8.74. The molecule has 0 aliphatic carbocycles. The number of alkyl halides is 3. The highest BCUT2D eigenvalue weighted by atomic mass is 35.5. The number of carbonyl (C=O) groups is 1. The fourth-order valence-corrected chi connectivity index (χ4v) is 4.74. The van der Waals surface area contributed by atoms with Crippen molar-refractivity contribution >= 4 is 17.5 Å². The number of likely N-dealkylation sites (N-methyl/N-ethyl adjacent to an activating group) is 1. The number of rotatable bonds is 5. The van der Waals surface area contributed by atoms with Gasteiger partial charge in [0, 0.05) is 42.2 Å². The van der Waals surface area contributed by atoms with E-state index < -0.39 is 11.7 Å². The van der Waals surface area contributed by atoms with Crippen LogP contribution >= 0.6 is 11.6 Å². The van der Waals surface area contributed by atoms with Crippen LogP contribution in [-0.2, 0) is 12.7 Å². The monoisotopic (exact) mass is 497 g/mol. The van der Waals surface area contributed by atoms with Gasteiger partial charge in [-0.1, -0.05) is 35.9 Å². The highest BCUT2D eigenvalue weighted by Crippen LogP contribution is 2.34. The summed E-state index contributed by atoms with van der Waals surface area (Å²) in [5.41, 5.74) is 2.05. The molecular formula is C27H23ClF3N3O. The SMILES string of the molecule is CN(Cc1ccc(C(F)(F)F)cc1)[C@@H]1CN(C(=O)c2ccc(C#N)cc2)C[C@@H]1c1cccc(Cl)c1. The first-order chi connectivity index (χ1) is 16.7. The molecule has 0 spiro atoms. The van der Waals surface area contributed by atoms with Crippen LogP contribution in [0.4, 0.5) is 13.2 Å². The normalized spacial score (nSPS) is 18.0. The number of amides is 1. The first-order valence-electron chi connectivity index (χ1n) is 11.1. The number of carbonyl (C=O) groups excluding carboxylic acids is 1. The third kappa shape index (κ3) is 5.67. The lowest BCUT2D eigenvalue weighted by molar-refractivity contribution is -0.137. The number of benzene rings is 3. The van der Waals surface area contributed by atoms with Crippen LogP contribution in [-0.4, -0.2) is 41.9 Å². The fourth-order valence-electron chi connectivity index (χ4n) is 4.54. The van der Waals surface area contributed by atoms with Gasteiger partial charge in [-0.25, -0.2) is 0 Å². The quantitative estimate of drug-likeness (QED) is 0.436. The predicted octanol–water partition coefficient (Wildman–Crippen LogP) is 5.97. The molecule has 0 bridgehead atoms. The molecular weight excluding hydrogens is 475 g/mol. The number of halogens is 4. The lowest BCUT2D eigenvalue weighted by Gasteiger charge is -2.29. The summed E-state index contributed by atoms with van der Waals surface area (Å²) in [4.78, 5) is 17.1. The van der Waals surface area contributed by atoms with Crippen LogP contribution in [0.5, 0.6) is 0 Å². The average molecular weight is 498 g/mol. The van der Waals surface area contributed by atoms with Gasteiger partial charge < -0.3 is 4.90 Å². The van der Waals surface area contributed by atoms with E-state index in [1.54, 1.807) is 35.2 Å². The molecule has 180 valence electrons. The van der Waals surface area contributed by atoms with Gasteiger partial charge in [0.05, 0.1) is 17.2 Å². The van der Waals surface area contributed by atoms with Crippen LogP contribution < -0.4 is 0 Å². The van der Waals surface area contributed by atoms with E-state index in [0.29, 0.717) is 35.8 Å². The van der Waals surface area contributed by atoms with Crippen molar-refractivity contribution in [1.82, 2.24) is 9.80 Å². The van der Waals surface area contributed by atoms with E-state index in [4.69, 9.17) is 16.9 Å². The van der Waals surface area contributed by atoms with Crippen molar-refractivity contribution in [2.75, 3.05) is 20.1 Å². The topological polar surface area (TPSA) is 47.3 Å². The Morgan fingerprint density at radius 3 is 2.37 bits per heavy atom. The van der Waals surface area contributed by atoms with Gasteiger partial charge in [-0.3, -0.25) is 9.69 Å². The van der Waals surface area contributed by atoms with Gasteiger partial charge in [-0.15, -0.1) is 0 Å². The zero-order valence-corrected chi connectivity index (χ0v) is 19.7. The minimum atomic E-state index is -4.38. The Balaban J connectivity index is 1.57. The van der Waals surface area contributed by atoms with E-state index in [0.717, 1.165) is 23.3 Å². The molecule has 1 fully saturated rings. The molecule has 1 saturated heterocycles. The third-order valence-electron chi connectivity index (χ3n) is 6.39. The standard InChI is InChI=1S/C27H23ClF3N3O/c1-33(15-19-7-11-22(12-8-19)27(29,30)31)25-17-34(16-24(25)21-3-2-4-23(28)13-21)26(35)20-9-5-18(14-32)6-10-20/h2-13,24-25H,15-17H2,1H3/t24-,25-/m1/s1. The summed E-state index contributed by atoms with van der Waals surface area (Å²) < 4.78 is 38.8. The molecule has 3 aromatic carbocycles. The molecule has 35 heavy (non-hydrogen) atoms. The average Bonchev–Trinajstić information content (AvgIpc) is 3.29. The van der Waals surface area contributed by atoms with E-state index >= 15 is 0 Å². The Labute approximate surface area is 207 Å². The molecule has 4 nitrogen and oxygen atoms in total. The lowest BCUT2D eigenvalue weighted by atomic mass is 9.93. The van der Waals surface area contributed by atoms with E-state index in [1.165, 1.54) is 12.1 Å². The minimum absolute atomic E-state index is 0.0320. The van der Waals surface area contributed by atoms with Gasteiger partial charge in [0.25, 0.3) is 5.91 Å². The van der Waals surface area contributed by atoms with Gasteiger partial charge in [0.2, 0.25) is 0 Å². The van der Waals surface area contributed by atoms with E-state index in [1.807, 2.05) is 31.3 Å². The van der Waals surface area contributed by atoms with Crippen molar-refractivity contribution in [2.45, 2.75) is 24.7 Å². The first kappa shape index (κ1) is 24.8. The predicted molar refractivity (Wildman–Crippen MR) is 128 cm³/mol. The number of likely N-dealkylation sites (tertiary alicyclic amines) is 1. The summed E-state index contributed by atoms with van der Waals surface area (Å²) >= 11 is 6.24. The first-order valence-corrected chi connectivity index (χ1v) is 11.4. The molecule has 0 saturated carbocycles. The highest BCUT2D eigenvalue weighted by Gasteiger charge is 2.39. The van der Waals surface area contributed by atoms with Gasteiger partial charge in [0.1, 0.15) is 0 Å². The van der Waals surface area contributed by atoms with Crippen LogP contribution in [0.1, 0.15) is 38.5 Å². The Hall–Kier alpha value is -3.34. The van der Waals surface area contributed by atoms with Crippen molar-refractivity contribution in [3.8, 4) is 6.07 Å². The minimum Gasteiger partial charge on any atom is -0.336 e. The van der Waals surface area contributed by atoms with Gasteiger partial charge in [0.15, 0.2) is 0 Å². The number of hydrogen-bond donors (Lipinski definition) is 0. The van der Waals surface area contributed by atoms with E-state index in [-0.39, 0.29) is 17.9 Å². The summed E-state index contributed by atoms with van der Waals surface area (Å²) in [5, 5.41) is 9.62. The summed E-state index contributed by atoms with van der Waals surface area (Å²) in [6, 6.07) is 21.2. The van der Waals surface area contributed by atoms with Crippen LogP contribution in [0.15, 0.2) is 72.8 Å². The molecule has 1 heterocycles. The Bertz CT molecular complexity index is 1240. The van der Waals surface area contributed by atoms with Crippen LogP contribution in [0.3, 0.4) is 0 Å². The summed E-state index contributed by atoms with van der Waals surface area (Å²) in [6.45, 7) is 1.35. The summed E-state index contributed by atoms with van der Waals surface area (Å²) in [6.07, 6.45) is -4.38. The molecule has 3 aromatic rings. The lowest BCUT2D eigenvalue weighted by Crippen LogP contribution is -2.38. The molecule has 4 rings (SSSR count). The largest absolute Gasteiger partial charge is 0.416 e. The smallest absolute Gasteiger partial charge is 0.336 e. The number of nitrogens with zero attached hydrogens (tertiary/aromatic N) is 3. The van der Waals surface area contributed by atoms with Crippen LogP contribution in [0.25, 0.3) is 0 Å². The summed E-state index contributed by atoms with van der Waals surface area (Å²) in [7, 11) is 1.91. The third-order valence-corrected chi connectivity index (χ3v) is 6.63. The van der Waals surface area contributed by atoms with Crippen molar-refractivity contribution < 1.29 is 18.0 Å². The Morgan fingerprint density at radius 1 is 1.09 bits per heavy atom. The maximum atomic E-state index is 13.2. The number of nitriles is 1. The van der Waals surface area contributed by atoms with Crippen molar-refractivity contribution in [2.24, 2.45) is 0 Å². The molecule has 0 radical (unpaired) electrons. The van der Waals surface area contributed by atoms with Gasteiger partial charge in [-0.05, 0) is 66.7 Å². The zero-order valence-electron chi connectivity index (χ0n) is 19.0. The Morgan fingerprint density at radius 2 is 1.77 bits per heavy atom. The second-order valence-corrected chi connectivity index (χ2v) is 9.17. The molecule has 1 aliphatic rings. The maximum absolute atomic E-state index is 13.2. The van der Waals surface area contributed by atoms with Gasteiger partial charge >= 0.3 is 6.18 Å². The van der Waals surface area contributed by atoms with Crippen LogP contribution in [0.2, 0.25) is 5.02 Å². The second kappa shape index (κ2) is 10.1. The molecule has 0 N–H and O–H groups in total. The summed E-state index contributed by atoms with van der Waals surface area (Å²) in [5.74, 6) is -0.164. The van der Waals surface area contributed by atoms with Crippen LogP contribution in [0, 0.1) is 11.3 Å². The zero-order chi connectivity index (χ0) is 25.2. The molecule has 2 atom stereocenters. The van der Waals surface area contributed by atoms with Crippen molar-refractivity contribution in [3.05, 3.63) is 106 Å². The molecule has 0 aromatic heterocycles. The molecule has 1 aliphatic heterocycles. The number of hydrogen-bond acceptors (Lipinski definition) is 3. The highest BCUT2D eigenvalue weighted by molar-refractivity contribution is 6.30.